The van der Waals surface area contributed by atoms with Gasteiger partial charge in [-0.15, -0.1) is 0 Å². The van der Waals surface area contributed by atoms with Gasteiger partial charge in [0.1, 0.15) is 5.82 Å². The number of nitrogens with zero attached hydrogens (tertiary/aromatic N) is 2. The number of anilines is 3. The maximum absolute atomic E-state index is 12.4. The lowest BCUT2D eigenvalue weighted by atomic mass is 9.97. The van der Waals surface area contributed by atoms with E-state index in [9.17, 15) is 9.59 Å². The highest BCUT2D eigenvalue weighted by atomic mass is 16.2. The average molecular weight is 401 g/mol. The first-order valence-corrected chi connectivity index (χ1v) is 9.81. The molecule has 30 heavy (non-hydrogen) atoms. The molecule has 0 atom stereocenters. The summed E-state index contributed by atoms with van der Waals surface area (Å²) in [6, 6.07) is 18.5. The number of benzene rings is 2. The summed E-state index contributed by atoms with van der Waals surface area (Å²) >= 11 is 0. The van der Waals surface area contributed by atoms with Gasteiger partial charge in [0.15, 0.2) is 0 Å². The smallest absolute Gasteiger partial charge is 0.323 e. The second kappa shape index (κ2) is 8.65. The molecule has 3 N–H and O–H groups in total. The molecule has 0 saturated carbocycles. The molecule has 0 unspecified atom stereocenters. The SMILES string of the molecule is CNC(=O)c1cccnc1N1CCc2c(cccc2NC(=O)Nc2ccccc2)C1. The van der Waals surface area contributed by atoms with Gasteiger partial charge in [0.25, 0.3) is 5.91 Å². The molecular weight excluding hydrogens is 378 g/mol. The fourth-order valence-electron chi connectivity index (χ4n) is 3.67. The van der Waals surface area contributed by atoms with Crippen molar-refractivity contribution in [1.82, 2.24) is 10.3 Å². The summed E-state index contributed by atoms with van der Waals surface area (Å²) in [6.07, 6.45) is 2.43. The molecule has 1 aliphatic rings. The van der Waals surface area contributed by atoms with E-state index in [0.29, 0.717) is 24.5 Å². The Morgan fingerprint density at radius 1 is 0.967 bits per heavy atom. The van der Waals surface area contributed by atoms with Crippen molar-refractivity contribution >= 4 is 29.1 Å². The van der Waals surface area contributed by atoms with Crippen LogP contribution in [0.2, 0.25) is 0 Å². The number of pyridine rings is 1. The van der Waals surface area contributed by atoms with Gasteiger partial charge in [-0.3, -0.25) is 4.79 Å². The van der Waals surface area contributed by atoms with Crippen LogP contribution in [-0.2, 0) is 13.0 Å². The zero-order valence-corrected chi connectivity index (χ0v) is 16.7. The summed E-state index contributed by atoms with van der Waals surface area (Å²) < 4.78 is 0. The van der Waals surface area contributed by atoms with Gasteiger partial charge >= 0.3 is 6.03 Å². The Morgan fingerprint density at radius 2 is 1.80 bits per heavy atom. The third-order valence-corrected chi connectivity index (χ3v) is 5.10. The fourth-order valence-corrected chi connectivity index (χ4v) is 3.67. The van der Waals surface area contributed by atoms with E-state index < -0.39 is 0 Å². The molecule has 2 aromatic carbocycles. The molecule has 3 amide bonds. The van der Waals surface area contributed by atoms with Crippen molar-refractivity contribution in [3.63, 3.8) is 0 Å². The van der Waals surface area contributed by atoms with Crippen LogP contribution in [0.4, 0.5) is 22.0 Å². The van der Waals surface area contributed by atoms with Gasteiger partial charge in [-0.1, -0.05) is 30.3 Å². The number of amides is 3. The van der Waals surface area contributed by atoms with Crippen molar-refractivity contribution in [1.29, 1.82) is 0 Å². The molecule has 0 aliphatic carbocycles. The topological polar surface area (TPSA) is 86.4 Å². The summed E-state index contributed by atoms with van der Waals surface area (Å²) in [5, 5.41) is 8.48. The minimum atomic E-state index is -0.274. The summed E-state index contributed by atoms with van der Waals surface area (Å²) in [5.41, 5.74) is 4.30. The summed E-state index contributed by atoms with van der Waals surface area (Å²) in [4.78, 5) is 31.2. The van der Waals surface area contributed by atoms with E-state index in [0.717, 1.165) is 28.9 Å². The van der Waals surface area contributed by atoms with Crippen LogP contribution in [0.3, 0.4) is 0 Å². The number of urea groups is 1. The lowest BCUT2D eigenvalue weighted by Gasteiger charge is -2.32. The van der Waals surface area contributed by atoms with Crippen LogP contribution in [0.1, 0.15) is 21.5 Å². The van der Waals surface area contributed by atoms with Crippen LogP contribution in [-0.4, -0.2) is 30.5 Å². The van der Waals surface area contributed by atoms with Crippen LogP contribution in [0.25, 0.3) is 0 Å². The third-order valence-electron chi connectivity index (χ3n) is 5.10. The lowest BCUT2D eigenvalue weighted by molar-refractivity contribution is 0.0963. The van der Waals surface area contributed by atoms with Gasteiger partial charge in [0.2, 0.25) is 0 Å². The largest absolute Gasteiger partial charge is 0.355 e. The molecule has 1 aliphatic heterocycles. The van der Waals surface area contributed by atoms with E-state index in [1.165, 1.54) is 0 Å². The molecule has 7 heteroatoms. The highest BCUT2D eigenvalue weighted by molar-refractivity contribution is 6.00. The van der Waals surface area contributed by atoms with Gasteiger partial charge in [0, 0.05) is 37.7 Å². The number of aromatic nitrogens is 1. The van der Waals surface area contributed by atoms with E-state index in [-0.39, 0.29) is 11.9 Å². The van der Waals surface area contributed by atoms with E-state index >= 15 is 0 Å². The van der Waals surface area contributed by atoms with E-state index in [1.54, 1.807) is 25.4 Å². The summed E-state index contributed by atoms with van der Waals surface area (Å²) in [7, 11) is 1.61. The van der Waals surface area contributed by atoms with E-state index in [2.05, 4.69) is 25.8 Å². The Balaban J connectivity index is 1.52. The number of para-hydroxylation sites is 1. The minimum absolute atomic E-state index is 0.156. The molecule has 0 radical (unpaired) electrons. The molecule has 0 fully saturated rings. The minimum Gasteiger partial charge on any atom is -0.355 e. The van der Waals surface area contributed by atoms with Crippen LogP contribution in [0.5, 0.6) is 0 Å². The zero-order valence-electron chi connectivity index (χ0n) is 16.7. The fraction of sp³-hybridized carbons (Fsp3) is 0.174. The Morgan fingerprint density at radius 3 is 2.60 bits per heavy atom. The Labute approximate surface area is 175 Å². The van der Waals surface area contributed by atoms with Crippen LogP contribution < -0.4 is 20.9 Å². The Kier molecular flexibility index (Phi) is 5.61. The first-order valence-electron chi connectivity index (χ1n) is 9.81. The second-order valence-electron chi connectivity index (χ2n) is 7.01. The van der Waals surface area contributed by atoms with Crippen molar-refractivity contribution in [3.05, 3.63) is 83.6 Å². The molecule has 1 aromatic heterocycles. The van der Waals surface area contributed by atoms with Crippen LogP contribution in [0, 0.1) is 0 Å². The quantitative estimate of drug-likeness (QED) is 0.623. The molecule has 3 aromatic rings. The number of carbonyl (C=O) groups excluding carboxylic acids is 2. The second-order valence-corrected chi connectivity index (χ2v) is 7.01. The number of rotatable bonds is 4. The molecular formula is C23H23N5O2. The number of hydrogen-bond acceptors (Lipinski definition) is 4. The maximum Gasteiger partial charge on any atom is 0.323 e. The van der Waals surface area contributed by atoms with Crippen molar-refractivity contribution in [2.75, 3.05) is 29.1 Å². The van der Waals surface area contributed by atoms with Gasteiger partial charge < -0.3 is 20.9 Å². The maximum atomic E-state index is 12.4. The molecule has 2 heterocycles. The van der Waals surface area contributed by atoms with E-state index in [4.69, 9.17) is 0 Å². The number of fused-ring (bicyclic) bond motifs is 1. The molecule has 152 valence electrons. The summed E-state index contributed by atoms with van der Waals surface area (Å²) in [6.45, 7) is 1.32. The predicted molar refractivity (Wildman–Crippen MR) is 118 cm³/mol. The molecule has 0 spiro atoms. The lowest BCUT2D eigenvalue weighted by Crippen LogP contribution is -2.34. The standard InChI is InChI=1S/C23H23N5O2/c1-24-22(29)19-10-6-13-25-21(19)28-14-12-18-16(15-28)7-5-11-20(18)27-23(30)26-17-8-3-2-4-9-17/h2-11,13H,12,14-15H2,1H3,(H,24,29)(H2,26,27,30). The zero-order chi connectivity index (χ0) is 20.9. The third kappa shape index (κ3) is 4.10. The highest BCUT2D eigenvalue weighted by Gasteiger charge is 2.23. The van der Waals surface area contributed by atoms with Crippen molar-refractivity contribution in [3.8, 4) is 0 Å². The first kappa shape index (κ1) is 19.4. The monoisotopic (exact) mass is 401 g/mol. The van der Waals surface area contributed by atoms with Gasteiger partial charge in [0.05, 0.1) is 5.56 Å². The van der Waals surface area contributed by atoms with Crippen molar-refractivity contribution in [2.24, 2.45) is 0 Å². The van der Waals surface area contributed by atoms with Crippen molar-refractivity contribution in [2.45, 2.75) is 13.0 Å². The molecule has 0 saturated heterocycles. The Bertz CT molecular complexity index is 1070. The molecule has 7 nitrogen and oxygen atoms in total. The number of nitrogens with one attached hydrogen (secondary N) is 3. The van der Waals surface area contributed by atoms with Gasteiger partial charge in [-0.25, -0.2) is 9.78 Å². The number of carbonyl (C=O) groups is 2. The predicted octanol–water partition coefficient (Wildman–Crippen LogP) is 3.65. The normalized spacial score (nSPS) is 12.6. The highest BCUT2D eigenvalue weighted by Crippen LogP contribution is 2.30. The Hall–Kier alpha value is -3.87. The van der Waals surface area contributed by atoms with Crippen molar-refractivity contribution < 1.29 is 9.59 Å². The van der Waals surface area contributed by atoms with E-state index in [1.807, 2.05) is 48.5 Å². The van der Waals surface area contributed by atoms with Crippen LogP contribution >= 0.6 is 0 Å². The van der Waals surface area contributed by atoms with Gasteiger partial charge in [-0.2, -0.15) is 0 Å². The summed E-state index contributed by atoms with van der Waals surface area (Å²) in [5.74, 6) is 0.514. The first-order chi connectivity index (χ1) is 14.7. The molecule has 4 rings (SSSR count). The average Bonchev–Trinajstić information content (AvgIpc) is 2.79. The number of hydrogen-bond donors (Lipinski definition) is 3. The van der Waals surface area contributed by atoms with Gasteiger partial charge in [-0.05, 0) is 47.9 Å². The molecule has 0 bridgehead atoms. The van der Waals surface area contributed by atoms with Crippen LogP contribution in [0.15, 0.2) is 66.9 Å².